The number of rotatable bonds is 10. The van der Waals surface area contributed by atoms with Crippen molar-refractivity contribution in [2.24, 2.45) is 0 Å². The van der Waals surface area contributed by atoms with Gasteiger partial charge in [-0.15, -0.1) is 0 Å². The summed E-state index contributed by atoms with van der Waals surface area (Å²) in [5.41, 5.74) is 0.442. The van der Waals surface area contributed by atoms with Crippen molar-refractivity contribution in [1.82, 2.24) is 10.2 Å². The predicted octanol–water partition coefficient (Wildman–Crippen LogP) is 2.54. The molecule has 0 fully saturated rings. The Bertz CT molecular complexity index is 1090. The van der Waals surface area contributed by atoms with Crippen LogP contribution in [0.4, 0.5) is 10.1 Å². The van der Waals surface area contributed by atoms with Gasteiger partial charge in [-0.3, -0.25) is 13.9 Å². The zero-order chi connectivity index (χ0) is 24.8. The van der Waals surface area contributed by atoms with Crippen molar-refractivity contribution in [1.29, 1.82) is 0 Å². The predicted molar refractivity (Wildman–Crippen MR) is 125 cm³/mol. The van der Waals surface area contributed by atoms with Crippen molar-refractivity contribution in [2.45, 2.75) is 39.4 Å². The minimum atomic E-state index is -3.99. The largest absolute Gasteiger partial charge is 0.497 e. The molecule has 33 heavy (non-hydrogen) atoms. The van der Waals surface area contributed by atoms with Crippen LogP contribution in [-0.4, -0.2) is 57.1 Å². The van der Waals surface area contributed by atoms with Gasteiger partial charge < -0.3 is 15.0 Å². The molecule has 8 nitrogen and oxygen atoms in total. The lowest BCUT2D eigenvalue weighted by Crippen LogP contribution is -2.52. The van der Waals surface area contributed by atoms with Gasteiger partial charge in [-0.2, -0.15) is 0 Å². The van der Waals surface area contributed by atoms with Crippen LogP contribution in [0.1, 0.15) is 26.3 Å². The Kier molecular flexibility index (Phi) is 8.81. The van der Waals surface area contributed by atoms with Crippen LogP contribution in [0.2, 0.25) is 0 Å². The smallest absolute Gasteiger partial charge is 0.244 e. The highest BCUT2D eigenvalue weighted by molar-refractivity contribution is 7.92. The molecule has 0 aliphatic carbocycles. The number of halogens is 1. The zero-order valence-electron chi connectivity index (χ0n) is 19.4. The van der Waals surface area contributed by atoms with Crippen molar-refractivity contribution >= 4 is 27.5 Å². The van der Waals surface area contributed by atoms with E-state index in [1.165, 1.54) is 30.2 Å². The monoisotopic (exact) mass is 479 g/mol. The highest BCUT2D eigenvalue weighted by Crippen LogP contribution is 2.22. The lowest BCUT2D eigenvalue weighted by atomic mass is 10.1. The standard InChI is InChI=1S/C23H30FN3O5S/c1-16(2)25-23(29)17(3)26(14-18-9-8-10-19(13-18)32-4)22(28)15-27(33(5,30)31)21-12-7-6-11-20(21)24/h6-13,16-17H,14-15H2,1-5H3,(H,25,29)/t17-/m0/s1. The molecule has 0 saturated heterocycles. The van der Waals surface area contributed by atoms with Gasteiger partial charge in [0.1, 0.15) is 24.2 Å². The average Bonchev–Trinajstić information content (AvgIpc) is 2.74. The Hall–Kier alpha value is -3.14. The maximum atomic E-state index is 14.4. The van der Waals surface area contributed by atoms with Gasteiger partial charge in [-0.05, 0) is 50.6 Å². The van der Waals surface area contributed by atoms with E-state index in [0.29, 0.717) is 15.6 Å². The van der Waals surface area contributed by atoms with Crippen molar-refractivity contribution in [3.63, 3.8) is 0 Å². The van der Waals surface area contributed by atoms with Gasteiger partial charge in [0.25, 0.3) is 0 Å². The molecule has 2 aromatic rings. The van der Waals surface area contributed by atoms with Crippen molar-refractivity contribution in [2.75, 3.05) is 24.2 Å². The average molecular weight is 480 g/mol. The number of ether oxygens (including phenoxy) is 1. The minimum Gasteiger partial charge on any atom is -0.497 e. The fourth-order valence-corrected chi connectivity index (χ4v) is 4.05. The summed E-state index contributed by atoms with van der Waals surface area (Å²) in [6, 6.07) is 11.2. The summed E-state index contributed by atoms with van der Waals surface area (Å²) < 4.78 is 45.2. The van der Waals surface area contributed by atoms with Gasteiger partial charge in [0.05, 0.1) is 19.1 Å². The second-order valence-electron chi connectivity index (χ2n) is 7.93. The summed E-state index contributed by atoms with van der Waals surface area (Å²) >= 11 is 0. The molecule has 0 unspecified atom stereocenters. The first-order valence-electron chi connectivity index (χ1n) is 10.4. The van der Waals surface area contributed by atoms with Crippen molar-refractivity contribution in [3.8, 4) is 5.75 Å². The second kappa shape index (κ2) is 11.1. The van der Waals surface area contributed by atoms with Crippen LogP contribution >= 0.6 is 0 Å². The highest BCUT2D eigenvalue weighted by atomic mass is 32.2. The number of amides is 2. The third kappa shape index (κ3) is 7.18. The van der Waals surface area contributed by atoms with Gasteiger partial charge in [0.15, 0.2) is 0 Å². The maximum Gasteiger partial charge on any atom is 0.244 e. The van der Waals surface area contributed by atoms with Crippen LogP contribution in [0.25, 0.3) is 0 Å². The lowest BCUT2D eigenvalue weighted by Gasteiger charge is -2.32. The Morgan fingerprint density at radius 2 is 1.76 bits per heavy atom. The number of anilines is 1. The molecule has 0 saturated carbocycles. The number of carbonyl (C=O) groups excluding carboxylic acids is 2. The van der Waals surface area contributed by atoms with Gasteiger partial charge >= 0.3 is 0 Å². The Morgan fingerprint density at radius 1 is 1.09 bits per heavy atom. The zero-order valence-corrected chi connectivity index (χ0v) is 20.2. The molecule has 0 bridgehead atoms. The van der Waals surface area contributed by atoms with E-state index in [4.69, 9.17) is 4.74 Å². The summed E-state index contributed by atoms with van der Waals surface area (Å²) in [7, 11) is -2.48. The normalized spacial score (nSPS) is 12.2. The SMILES string of the molecule is COc1cccc(CN(C(=O)CN(c2ccccc2F)S(C)(=O)=O)[C@@H](C)C(=O)NC(C)C)c1. The van der Waals surface area contributed by atoms with E-state index >= 15 is 0 Å². The summed E-state index contributed by atoms with van der Waals surface area (Å²) in [4.78, 5) is 27.3. The van der Waals surface area contributed by atoms with Crippen LogP contribution < -0.4 is 14.4 Å². The first-order chi connectivity index (χ1) is 15.4. The quantitative estimate of drug-likeness (QED) is 0.565. The fraction of sp³-hybridized carbons (Fsp3) is 0.391. The minimum absolute atomic E-state index is 0.0254. The molecule has 0 aliphatic rings. The lowest BCUT2D eigenvalue weighted by molar-refractivity contribution is -0.139. The fourth-order valence-electron chi connectivity index (χ4n) is 3.20. The van der Waals surface area contributed by atoms with E-state index in [9.17, 15) is 22.4 Å². The topological polar surface area (TPSA) is 96.0 Å². The Labute approximate surface area is 194 Å². The third-order valence-electron chi connectivity index (χ3n) is 4.89. The first kappa shape index (κ1) is 26.1. The molecule has 0 aliphatic heterocycles. The number of sulfonamides is 1. The third-order valence-corrected chi connectivity index (χ3v) is 6.01. The van der Waals surface area contributed by atoms with E-state index in [1.807, 2.05) is 0 Å². The van der Waals surface area contributed by atoms with E-state index in [0.717, 1.165) is 12.3 Å². The molecule has 2 rings (SSSR count). The summed E-state index contributed by atoms with van der Waals surface area (Å²) in [5.74, 6) is -1.25. The molecule has 0 aromatic heterocycles. The number of methoxy groups -OCH3 is 1. The van der Waals surface area contributed by atoms with Crippen molar-refractivity contribution < 1.29 is 27.1 Å². The molecule has 1 atom stereocenters. The van der Waals surface area contributed by atoms with Crippen LogP contribution in [0.15, 0.2) is 48.5 Å². The van der Waals surface area contributed by atoms with Crippen LogP contribution in [0.5, 0.6) is 5.75 Å². The number of nitrogens with zero attached hydrogens (tertiary/aromatic N) is 2. The van der Waals surface area contributed by atoms with Crippen LogP contribution in [0.3, 0.4) is 0 Å². The van der Waals surface area contributed by atoms with Gasteiger partial charge in [0.2, 0.25) is 21.8 Å². The van der Waals surface area contributed by atoms with Crippen LogP contribution in [0, 0.1) is 5.82 Å². The summed E-state index contributed by atoms with van der Waals surface area (Å²) in [5, 5.41) is 2.76. The molecule has 0 radical (unpaired) electrons. The summed E-state index contributed by atoms with van der Waals surface area (Å²) in [6.45, 7) is 4.51. The number of hydrogen-bond donors (Lipinski definition) is 1. The molecule has 1 N–H and O–H groups in total. The summed E-state index contributed by atoms with van der Waals surface area (Å²) in [6.07, 6.45) is 0.897. The molecular weight excluding hydrogens is 449 g/mol. The highest BCUT2D eigenvalue weighted by Gasteiger charge is 2.31. The number of benzene rings is 2. The molecule has 180 valence electrons. The number of hydrogen-bond acceptors (Lipinski definition) is 5. The van der Waals surface area contributed by atoms with E-state index in [1.54, 1.807) is 45.0 Å². The van der Waals surface area contributed by atoms with Gasteiger partial charge in [0, 0.05) is 12.6 Å². The maximum absolute atomic E-state index is 14.4. The van der Waals surface area contributed by atoms with Crippen LogP contribution in [-0.2, 0) is 26.2 Å². The number of carbonyl (C=O) groups is 2. The molecular formula is C23H30FN3O5S. The molecule has 0 spiro atoms. The van der Waals surface area contributed by atoms with E-state index < -0.39 is 40.2 Å². The van der Waals surface area contributed by atoms with E-state index in [-0.39, 0.29) is 18.3 Å². The van der Waals surface area contributed by atoms with Gasteiger partial charge in [-0.1, -0.05) is 24.3 Å². The molecule has 2 amide bonds. The van der Waals surface area contributed by atoms with E-state index in [2.05, 4.69) is 5.32 Å². The van der Waals surface area contributed by atoms with Gasteiger partial charge in [-0.25, -0.2) is 12.8 Å². The Morgan fingerprint density at radius 3 is 2.33 bits per heavy atom. The van der Waals surface area contributed by atoms with Crippen molar-refractivity contribution in [3.05, 3.63) is 59.9 Å². The molecule has 0 heterocycles. The Balaban J connectivity index is 2.42. The molecule has 10 heteroatoms. The molecule has 2 aromatic carbocycles. The second-order valence-corrected chi connectivity index (χ2v) is 9.84. The number of nitrogens with one attached hydrogen (secondary N) is 1. The number of para-hydroxylation sites is 1. The first-order valence-corrected chi connectivity index (χ1v) is 12.2.